The molecule has 3 rings (SSSR count). The van der Waals surface area contributed by atoms with Crippen LogP contribution in [0.15, 0.2) is 30.5 Å². The first-order chi connectivity index (χ1) is 9.72. The average molecular weight is 273 g/mol. The zero-order chi connectivity index (χ0) is 14.0. The fourth-order valence-electron chi connectivity index (χ4n) is 2.83. The molecule has 4 nitrogen and oxygen atoms in total. The number of nitrogens with zero attached hydrogens (tertiary/aromatic N) is 1. The molecule has 1 aromatic heterocycles. The molecule has 2 aromatic rings. The third-order valence-electron chi connectivity index (χ3n) is 3.87. The number of hydrogen-bond acceptors (Lipinski definition) is 3. The van der Waals surface area contributed by atoms with Gasteiger partial charge in [-0.1, -0.05) is 18.2 Å². The van der Waals surface area contributed by atoms with E-state index >= 15 is 0 Å². The number of benzene rings is 1. The maximum atomic E-state index is 11.1. The normalized spacial score (nSPS) is 17.6. The van der Waals surface area contributed by atoms with Crippen molar-refractivity contribution in [3.63, 3.8) is 0 Å². The van der Waals surface area contributed by atoms with Crippen molar-refractivity contribution in [2.75, 3.05) is 13.2 Å². The molecule has 1 fully saturated rings. The van der Waals surface area contributed by atoms with Crippen molar-refractivity contribution in [3.8, 4) is 0 Å². The number of aldehydes is 1. The van der Waals surface area contributed by atoms with Crippen LogP contribution in [0.25, 0.3) is 10.9 Å². The predicted molar refractivity (Wildman–Crippen MR) is 76.9 cm³/mol. The number of hydrogen-bond donors (Lipinski definition) is 0. The Kier molecular flexibility index (Phi) is 3.59. The second-order valence-corrected chi connectivity index (χ2v) is 5.35. The number of fused-ring (bicyclic) bond motifs is 1. The minimum absolute atomic E-state index is 0.434. The standard InChI is InChI=1S/C16H19NO3/c1-16(19-9-10-20-16)7-4-8-17-11-13(12-18)14-5-2-3-6-15(14)17/h2-3,5-6,11-12H,4,7-10H2,1H3. The van der Waals surface area contributed by atoms with Gasteiger partial charge >= 0.3 is 0 Å². The highest BCUT2D eigenvalue weighted by molar-refractivity contribution is 5.97. The summed E-state index contributed by atoms with van der Waals surface area (Å²) in [6.45, 7) is 4.21. The Morgan fingerprint density at radius 1 is 1.30 bits per heavy atom. The third-order valence-corrected chi connectivity index (χ3v) is 3.87. The zero-order valence-corrected chi connectivity index (χ0v) is 11.7. The Labute approximate surface area is 118 Å². The molecule has 2 heterocycles. The number of para-hydroxylation sites is 1. The molecule has 20 heavy (non-hydrogen) atoms. The number of aromatic nitrogens is 1. The lowest BCUT2D eigenvalue weighted by molar-refractivity contribution is -0.147. The SMILES string of the molecule is CC1(CCCn2cc(C=O)c3ccccc32)OCCO1. The molecule has 106 valence electrons. The summed E-state index contributed by atoms with van der Waals surface area (Å²) in [5, 5.41) is 1.02. The lowest BCUT2D eigenvalue weighted by Gasteiger charge is -2.22. The van der Waals surface area contributed by atoms with Crippen molar-refractivity contribution >= 4 is 17.2 Å². The number of carbonyl (C=O) groups is 1. The Bertz CT molecular complexity index is 611. The molecule has 0 saturated carbocycles. The highest BCUT2D eigenvalue weighted by atomic mass is 16.7. The second kappa shape index (κ2) is 5.38. The van der Waals surface area contributed by atoms with Crippen LogP contribution in [0.1, 0.15) is 30.1 Å². The van der Waals surface area contributed by atoms with Crippen molar-refractivity contribution in [1.29, 1.82) is 0 Å². The van der Waals surface area contributed by atoms with Gasteiger partial charge in [0.2, 0.25) is 0 Å². The van der Waals surface area contributed by atoms with Crippen LogP contribution in [0.3, 0.4) is 0 Å². The molecule has 1 aromatic carbocycles. The van der Waals surface area contributed by atoms with Crippen molar-refractivity contribution in [2.45, 2.75) is 32.1 Å². The molecular weight excluding hydrogens is 254 g/mol. The van der Waals surface area contributed by atoms with Gasteiger partial charge in [-0.15, -0.1) is 0 Å². The average Bonchev–Trinajstić information content (AvgIpc) is 3.04. The lowest BCUT2D eigenvalue weighted by Crippen LogP contribution is -2.25. The molecule has 4 heteroatoms. The van der Waals surface area contributed by atoms with Gasteiger partial charge in [-0.3, -0.25) is 4.79 Å². The van der Waals surface area contributed by atoms with E-state index in [4.69, 9.17) is 9.47 Å². The topological polar surface area (TPSA) is 40.5 Å². The summed E-state index contributed by atoms with van der Waals surface area (Å²) in [5.41, 5.74) is 1.85. The molecule has 0 radical (unpaired) electrons. The maximum absolute atomic E-state index is 11.1. The minimum atomic E-state index is -0.434. The molecule has 0 aliphatic carbocycles. The summed E-state index contributed by atoms with van der Waals surface area (Å²) in [4.78, 5) is 11.1. The van der Waals surface area contributed by atoms with E-state index < -0.39 is 5.79 Å². The van der Waals surface area contributed by atoms with E-state index in [1.54, 1.807) is 0 Å². The van der Waals surface area contributed by atoms with Crippen LogP contribution >= 0.6 is 0 Å². The Morgan fingerprint density at radius 3 is 2.80 bits per heavy atom. The first-order valence-electron chi connectivity index (χ1n) is 7.03. The third kappa shape index (κ3) is 2.49. The summed E-state index contributed by atoms with van der Waals surface area (Å²) >= 11 is 0. The number of rotatable bonds is 5. The van der Waals surface area contributed by atoms with Gasteiger partial charge < -0.3 is 14.0 Å². The number of ether oxygens (including phenoxy) is 2. The van der Waals surface area contributed by atoms with Gasteiger partial charge in [-0.25, -0.2) is 0 Å². The van der Waals surface area contributed by atoms with Crippen LogP contribution in [-0.4, -0.2) is 29.9 Å². The summed E-state index contributed by atoms with van der Waals surface area (Å²) in [6.07, 6.45) is 4.66. The summed E-state index contributed by atoms with van der Waals surface area (Å²) in [7, 11) is 0. The molecule has 0 atom stereocenters. The smallest absolute Gasteiger partial charge is 0.165 e. The van der Waals surface area contributed by atoms with E-state index in [1.165, 1.54) is 0 Å². The maximum Gasteiger partial charge on any atom is 0.165 e. The van der Waals surface area contributed by atoms with Crippen molar-refractivity contribution in [3.05, 3.63) is 36.0 Å². The predicted octanol–water partition coefficient (Wildman–Crippen LogP) is 3.00. The molecule has 1 saturated heterocycles. The first-order valence-corrected chi connectivity index (χ1v) is 7.03. The van der Waals surface area contributed by atoms with E-state index in [0.717, 1.165) is 42.1 Å². The van der Waals surface area contributed by atoms with Gasteiger partial charge in [0.1, 0.15) is 0 Å². The molecular formula is C16H19NO3. The molecule has 0 bridgehead atoms. The quantitative estimate of drug-likeness (QED) is 0.786. The van der Waals surface area contributed by atoms with Gasteiger partial charge in [-0.2, -0.15) is 0 Å². The molecule has 1 aliphatic heterocycles. The summed E-state index contributed by atoms with van der Waals surface area (Å²) in [6, 6.07) is 7.99. The minimum Gasteiger partial charge on any atom is -0.348 e. The van der Waals surface area contributed by atoms with Crippen LogP contribution < -0.4 is 0 Å². The zero-order valence-electron chi connectivity index (χ0n) is 11.7. The van der Waals surface area contributed by atoms with E-state index in [0.29, 0.717) is 13.2 Å². The van der Waals surface area contributed by atoms with Crippen LogP contribution in [0, 0.1) is 0 Å². The van der Waals surface area contributed by atoms with Gasteiger partial charge in [0, 0.05) is 35.6 Å². The molecule has 0 unspecified atom stereocenters. The Morgan fingerprint density at radius 2 is 2.05 bits per heavy atom. The van der Waals surface area contributed by atoms with Gasteiger partial charge in [0.25, 0.3) is 0 Å². The van der Waals surface area contributed by atoms with Crippen LogP contribution in [0.5, 0.6) is 0 Å². The first kappa shape index (κ1) is 13.3. The van der Waals surface area contributed by atoms with Crippen molar-refractivity contribution in [2.24, 2.45) is 0 Å². The Hall–Kier alpha value is -1.65. The van der Waals surface area contributed by atoms with Crippen LogP contribution in [0.4, 0.5) is 0 Å². The van der Waals surface area contributed by atoms with E-state index in [2.05, 4.69) is 4.57 Å². The van der Waals surface area contributed by atoms with Gasteiger partial charge in [-0.05, 0) is 19.4 Å². The van der Waals surface area contributed by atoms with Crippen LogP contribution in [0.2, 0.25) is 0 Å². The highest BCUT2D eigenvalue weighted by Crippen LogP contribution is 2.25. The number of carbonyl (C=O) groups excluding carboxylic acids is 1. The molecule has 0 N–H and O–H groups in total. The summed E-state index contributed by atoms with van der Waals surface area (Å²) in [5.74, 6) is -0.434. The van der Waals surface area contributed by atoms with Crippen molar-refractivity contribution < 1.29 is 14.3 Å². The van der Waals surface area contributed by atoms with Gasteiger partial charge in [0.15, 0.2) is 12.1 Å². The van der Waals surface area contributed by atoms with Crippen LogP contribution in [-0.2, 0) is 16.0 Å². The van der Waals surface area contributed by atoms with Gasteiger partial charge in [0.05, 0.1) is 13.2 Å². The molecule has 1 aliphatic rings. The largest absolute Gasteiger partial charge is 0.348 e. The van der Waals surface area contributed by atoms with E-state index in [-0.39, 0.29) is 0 Å². The molecule has 0 spiro atoms. The fourth-order valence-corrected chi connectivity index (χ4v) is 2.83. The monoisotopic (exact) mass is 273 g/mol. The summed E-state index contributed by atoms with van der Waals surface area (Å²) < 4.78 is 13.3. The fraction of sp³-hybridized carbons (Fsp3) is 0.438. The highest BCUT2D eigenvalue weighted by Gasteiger charge is 2.30. The van der Waals surface area contributed by atoms with E-state index in [1.807, 2.05) is 37.4 Å². The molecule has 0 amide bonds. The van der Waals surface area contributed by atoms with Crippen molar-refractivity contribution in [1.82, 2.24) is 4.57 Å². The second-order valence-electron chi connectivity index (χ2n) is 5.35. The lowest BCUT2D eigenvalue weighted by atomic mass is 10.1. The van der Waals surface area contributed by atoms with E-state index in [9.17, 15) is 4.79 Å². The number of aryl methyl sites for hydroxylation is 1. The Balaban J connectivity index is 1.73.